The Balaban J connectivity index is 1.63. The maximum atomic E-state index is 12.3. The number of fused-ring (bicyclic) bond motifs is 1. The molecule has 0 atom stereocenters. The van der Waals surface area contributed by atoms with E-state index in [-0.39, 0.29) is 12.3 Å². The summed E-state index contributed by atoms with van der Waals surface area (Å²) in [7, 11) is -3.40. The summed E-state index contributed by atoms with van der Waals surface area (Å²) in [6.07, 6.45) is 0.903. The lowest BCUT2D eigenvalue weighted by atomic mass is 10.1. The third-order valence-electron chi connectivity index (χ3n) is 4.53. The first-order valence-corrected chi connectivity index (χ1v) is 10.9. The van der Waals surface area contributed by atoms with Crippen LogP contribution < -0.4 is 9.46 Å². The summed E-state index contributed by atoms with van der Waals surface area (Å²) in [4.78, 5) is 10.7. The highest BCUT2D eigenvalue weighted by atomic mass is 32.2. The highest BCUT2D eigenvalue weighted by Gasteiger charge is 2.16. The Kier molecular flexibility index (Phi) is 6.56. The number of carbonyl (C=O) groups is 1. The smallest absolute Gasteiger partial charge is 0.341 e. The van der Waals surface area contributed by atoms with Crippen LogP contribution in [0.3, 0.4) is 0 Å². The van der Waals surface area contributed by atoms with Crippen LogP contribution in [0.4, 0.5) is 0 Å². The predicted molar refractivity (Wildman–Crippen MR) is 110 cm³/mol. The van der Waals surface area contributed by atoms with E-state index in [0.29, 0.717) is 29.9 Å². The summed E-state index contributed by atoms with van der Waals surface area (Å²) in [5, 5.41) is 9.58. The Bertz CT molecular complexity index is 1090. The molecule has 0 fully saturated rings. The minimum Gasteiger partial charge on any atom is -0.479 e. The first-order valence-electron chi connectivity index (χ1n) is 9.22. The van der Waals surface area contributed by atoms with E-state index in [2.05, 4.69) is 4.72 Å². The Hall–Kier alpha value is -2.84. The van der Waals surface area contributed by atoms with Crippen molar-refractivity contribution in [3.05, 3.63) is 65.4 Å². The molecule has 0 aliphatic rings. The van der Waals surface area contributed by atoms with Gasteiger partial charge < -0.3 is 14.3 Å². The zero-order valence-corrected chi connectivity index (χ0v) is 16.9. The monoisotopic (exact) mass is 417 g/mol. The molecule has 2 aromatic carbocycles. The molecule has 0 saturated heterocycles. The van der Waals surface area contributed by atoms with Crippen molar-refractivity contribution in [1.29, 1.82) is 0 Å². The van der Waals surface area contributed by atoms with Crippen LogP contribution in [0.25, 0.3) is 11.0 Å². The van der Waals surface area contributed by atoms with Gasteiger partial charge in [0.25, 0.3) is 0 Å². The number of nitrogens with one attached hydrogen (secondary N) is 1. The van der Waals surface area contributed by atoms with Crippen LogP contribution in [0.1, 0.15) is 16.9 Å². The Labute approximate surface area is 169 Å². The second kappa shape index (κ2) is 9.11. The molecular weight excluding hydrogens is 394 g/mol. The van der Waals surface area contributed by atoms with Crippen molar-refractivity contribution >= 4 is 27.0 Å². The number of aryl methyl sites for hydroxylation is 2. The molecule has 0 bridgehead atoms. The molecule has 0 saturated carbocycles. The second-order valence-corrected chi connectivity index (χ2v) is 8.58. The summed E-state index contributed by atoms with van der Waals surface area (Å²) >= 11 is 0. The van der Waals surface area contributed by atoms with Crippen molar-refractivity contribution in [2.75, 3.05) is 18.9 Å². The van der Waals surface area contributed by atoms with E-state index in [1.807, 2.05) is 36.4 Å². The number of sulfonamides is 1. The van der Waals surface area contributed by atoms with Gasteiger partial charge in [-0.1, -0.05) is 42.5 Å². The molecule has 0 radical (unpaired) electrons. The molecule has 3 rings (SSSR count). The van der Waals surface area contributed by atoms with Crippen LogP contribution in [-0.2, 0) is 27.7 Å². The third-order valence-corrected chi connectivity index (χ3v) is 5.92. The molecule has 154 valence electrons. The second-order valence-electron chi connectivity index (χ2n) is 6.65. The molecule has 0 amide bonds. The number of hydrogen-bond acceptors (Lipinski definition) is 5. The minimum atomic E-state index is -3.40. The molecule has 2 N–H and O–H groups in total. The quantitative estimate of drug-likeness (QED) is 0.525. The van der Waals surface area contributed by atoms with Crippen molar-refractivity contribution in [2.24, 2.45) is 0 Å². The summed E-state index contributed by atoms with van der Waals surface area (Å²) in [5.74, 6) is -0.0528. The SMILES string of the molecule is Cc1oc2c(OCC(=O)O)cccc2c1CCNS(=O)(=O)CCc1ccccc1. The largest absolute Gasteiger partial charge is 0.479 e. The Morgan fingerprint density at radius 2 is 1.86 bits per heavy atom. The molecule has 1 aromatic heterocycles. The van der Waals surface area contributed by atoms with E-state index in [1.165, 1.54) is 0 Å². The van der Waals surface area contributed by atoms with Gasteiger partial charge in [-0.3, -0.25) is 0 Å². The maximum absolute atomic E-state index is 12.3. The molecule has 0 unspecified atom stereocenters. The van der Waals surface area contributed by atoms with Crippen LogP contribution in [0.15, 0.2) is 52.9 Å². The lowest BCUT2D eigenvalue weighted by molar-refractivity contribution is -0.139. The average Bonchev–Trinajstić information content (AvgIpc) is 3.01. The van der Waals surface area contributed by atoms with Crippen LogP contribution in [-0.4, -0.2) is 38.4 Å². The molecule has 0 spiro atoms. The van der Waals surface area contributed by atoms with Crippen molar-refractivity contribution in [3.63, 3.8) is 0 Å². The van der Waals surface area contributed by atoms with Crippen molar-refractivity contribution in [1.82, 2.24) is 4.72 Å². The number of furan rings is 1. The Morgan fingerprint density at radius 1 is 1.10 bits per heavy atom. The fraction of sp³-hybridized carbons (Fsp3) is 0.286. The number of para-hydroxylation sites is 1. The molecule has 0 aliphatic carbocycles. The van der Waals surface area contributed by atoms with Gasteiger partial charge in [0.15, 0.2) is 17.9 Å². The van der Waals surface area contributed by atoms with Gasteiger partial charge in [0, 0.05) is 17.5 Å². The van der Waals surface area contributed by atoms with Crippen molar-refractivity contribution in [3.8, 4) is 5.75 Å². The normalized spacial score (nSPS) is 11.6. The van der Waals surface area contributed by atoms with E-state index in [9.17, 15) is 13.2 Å². The highest BCUT2D eigenvalue weighted by Crippen LogP contribution is 2.32. The van der Waals surface area contributed by atoms with Crippen LogP contribution in [0.2, 0.25) is 0 Å². The standard InChI is InChI=1S/C21H23NO6S/c1-15-17(18-8-5-9-19(21(18)28-15)27-14-20(23)24)10-12-22-29(25,26)13-11-16-6-3-2-4-7-16/h2-9,22H,10-14H2,1H3,(H,23,24). The van der Waals surface area contributed by atoms with E-state index in [1.54, 1.807) is 19.1 Å². The van der Waals surface area contributed by atoms with Gasteiger partial charge in [0.2, 0.25) is 10.0 Å². The van der Waals surface area contributed by atoms with E-state index in [4.69, 9.17) is 14.3 Å². The van der Waals surface area contributed by atoms with Crippen LogP contribution in [0.5, 0.6) is 5.75 Å². The molecule has 1 heterocycles. The number of ether oxygens (including phenoxy) is 1. The molecule has 0 aliphatic heterocycles. The number of carboxylic acid groups (broad SMARTS) is 1. The molecular formula is C21H23NO6S. The van der Waals surface area contributed by atoms with Crippen LogP contribution >= 0.6 is 0 Å². The minimum absolute atomic E-state index is 0.0231. The van der Waals surface area contributed by atoms with Gasteiger partial charge in [-0.15, -0.1) is 0 Å². The van der Waals surface area contributed by atoms with Gasteiger partial charge in [-0.2, -0.15) is 0 Å². The van der Waals surface area contributed by atoms with Gasteiger partial charge in [-0.05, 0) is 31.4 Å². The number of hydrogen-bond donors (Lipinski definition) is 2. The molecule has 3 aromatic rings. The Morgan fingerprint density at radius 3 is 2.59 bits per heavy atom. The van der Waals surface area contributed by atoms with Crippen molar-refractivity contribution < 1.29 is 27.5 Å². The van der Waals surface area contributed by atoms with Gasteiger partial charge >= 0.3 is 5.97 Å². The topological polar surface area (TPSA) is 106 Å². The average molecular weight is 417 g/mol. The molecule has 29 heavy (non-hydrogen) atoms. The number of rotatable bonds is 10. The maximum Gasteiger partial charge on any atom is 0.341 e. The van der Waals surface area contributed by atoms with Crippen molar-refractivity contribution in [2.45, 2.75) is 19.8 Å². The van der Waals surface area contributed by atoms with E-state index < -0.39 is 22.6 Å². The fourth-order valence-electron chi connectivity index (χ4n) is 3.13. The number of aliphatic carboxylic acids is 1. The fourth-order valence-corrected chi connectivity index (χ4v) is 4.19. The number of benzene rings is 2. The molecule has 8 heteroatoms. The van der Waals surface area contributed by atoms with Gasteiger partial charge in [0.05, 0.1) is 5.75 Å². The summed E-state index contributed by atoms with van der Waals surface area (Å²) in [6, 6.07) is 14.7. The zero-order valence-electron chi connectivity index (χ0n) is 16.1. The third kappa shape index (κ3) is 5.58. The summed E-state index contributed by atoms with van der Waals surface area (Å²) in [5.41, 5.74) is 2.31. The van der Waals surface area contributed by atoms with Crippen LogP contribution in [0, 0.1) is 6.92 Å². The highest BCUT2D eigenvalue weighted by molar-refractivity contribution is 7.89. The van der Waals surface area contributed by atoms with Gasteiger partial charge in [0.1, 0.15) is 5.76 Å². The van der Waals surface area contributed by atoms with E-state index in [0.717, 1.165) is 16.5 Å². The van der Waals surface area contributed by atoms with E-state index >= 15 is 0 Å². The number of carboxylic acids is 1. The summed E-state index contributed by atoms with van der Waals surface area (Å²) < 4.78 is 38.2. The first-order chi connectivity index (χ1) is 13.9. The van der Waals surface area contributed by atoms with Gasteiger partial charge in [-0.25, -0.2) is 17.9 Å². The predicted octanol–water partition coefficient (Wildman–Crippen LogP) is 2.91. The zero-order chi connectivity index (χ0) is 20.9. The lowest BCUT2D eigenvalue weighted by Gasteiger charge is -2.07. The first kappa shape index (κ1) is 20.9. The molecule has 7 nitrogen and oxygen atoms in total. The lowest BCUT2D eigenvalue weighted by Crippen LogP contribution is -2.29. The summed E-state index contributed by atoms with van der Waals surface area (Å²) in [6.45, 7) is 1.57.